The Kier molecular flexibility index (Phi) is 4.80. The van der Waals surface area contributed by atoms with E-state index < -0.39 is 0 Å². The monoisotopic (exact) mass is 312 g/mol. The number of ketones is 1. The van der Waals surface area contributed by atoms with Gasteiger partial charge in [0.1, 0.15) is 5.52 Å². The second-order valence-electron chi connectivity index (χ2n) is 6.53. The first kappa shape index (κ1) is 16.7. The van der Waals surface area contributed by atoms with E-state index in [9.17, 15) is 4.79 Å². The highest BCUT2D eigenvalue weighted by atomic mass is 16.5. The van der Waals surface area contributed by atoms with Crippen LogP contribution in [0.4, 0.5) is 0 Å². The van der Waals surface area contributed by atoms with Crippen molar-refractivity contribution in [1.29, 1.82) is 0 Å². The third-order valence-corrected chi connectivity index (χ3v) is 3.09. The van der Waals surface area contributed by atoms with Crippen LogP contribution in [-0.2, 0) is 11.2 Å². The zero-order chi connectivity index (χ0) is 17.0. The average molecular weight is 312 g/mol. The van der Waals surface area contributed by atoms with E-state index in [4.69, 9.17) is 11.3 Å². The SMILES string of the molecule is [C-]#[N+]/C(=C\Cc1c[nH]c2ncc(OCC(C)(C)C)nc12)C(C)=O. The number of nitrogens with zero attached hydrogens (tertiary/aromatic N) is 3. The summed E-state index contributed by atoms with van der Waals surface area (Å²) in [5.74, 6) is 0.231. The molecule has 0 unspecified atom stereocenters. The van der Waals surface area contributed by atoms with Crippen molar-refractivity contribution >= 4 is 16.9 Å². The summed E-state index contributed by atoms with van der Waals surface area (Å²) in [6.45, 7) is 15.2. The molecule has 2 rings (SSSR count). The maximum Gasteiger partial charge on any atom is 0.233 e. The quantitative estimate of drug-likeness (QED) is 0.679. The molecule has 0 aliphatic heterocycles. The molecule has 0 aliphatic carbocycles. The van der Waals surface area contributed by atoms with Gasteiger partial charge in [-0.3, -0.25) is 0 Å². The molecule has 120 valence electrons. The number of aromatic amines is 1. The summed E-state index contributed by atoms with van der Waals surface area (Å²) < 4.78 is 5.68. The Morgan fingerprint density at radius 3 is 2.83 bits per heavy atom. The smallest absolute Gasteiger partial charge is 0.233 e. The number of carbonyl (C=O) groups excluding carboxylic acids is 1. The van der Waals surface area contributed by atoms with Crippen molar-refractivity contribution in [3.8, 4) is 5.88 Å². The van der Waals surface area contributed by atoms with Crippen LogP contribution in [0.2, 0.25) is 0 Å². The van der Waals surface area contributed by atoms with Crippen LogP contribution in [0.3, 0.4) is 0 Å². The number of H-pyrrole nitrogens is 1. The third-order valence-electron chi connectivity index (χ3n) is 3.09. The maximum atomic E-state index is 11.3. The average Bonchev–Trinajstić information content (AvgIpc) is 2.87. The highest BCUT2D eigenvalue weighted by Gasteiger charge is 2.13. The standard InChI is InChI=1S/C17H20N4O2/c1-11(22)13(18-5)7-6-12-8-19-16-15(12)21-14(9-20-16)23-10-17(2,3)4/h7-9H,6,10H2,1-4H3,(H,19,20)/b13-7-. The number of carbonyl (C=O) groups is 1. The first-order valence-electron chi connectivity index (χ1n) is 7.34. The first-order chi connectivity index (χ1) is 10.8. The van der Waals surface area contributed by atoms with Crippen LogP contribution in [0.5, 0.6) is 5.88 Å². The van der Waals surface area contributed by atoms with E-state index >= 15 is 0 Å². The summed E-state index contributed by atoms with van der Waals surface area (Å²) in [6.07, 6.45) is 5.43. The zero-order valence-corrected chi connectivity index (χ0v) is 13.8. The molecule has 2 aromatic heterocycles. The Bertz CT molecular complexity index is 791. The second-order valence-corrected chi connectivity index (χ2v) is 6.53. The third kappa shape index (κ3) is 4.39. The van der Waals surface area contributed by atoms with Crippen LogP contribution in [0, 0.1) is 12.0 Å². The number of hydrogen-bond acceptors (Lipinski definition) is 4. The minimum Gasteiger partial charge on any atom is -0.476 e. The number of rotatable bonds is 5. The van der Waals surface area contributed by atoms with Crippen molar-refractivity contribution in [2.24, 2.45) is 5.41 Å². The number of nitrogens with one attached hydrogen (secondary N) is 1. The molecule has 0 spiro atoms. The molecule has 0 bridgehead atoms. The molecule has 1 N–H and O–H groups in total. The van der Waals surface area contributed by atoms with Crippen LogP contribution in [0.1, 0.15) is 33.3 Å². The molecule has 0 saturated heterocycles. The predicted octanol–water partition coefficient (Wildman–Crippen LogP) is 3.32. The van der Waals surface area contributed by atoms with Gasteiger partial charge < -0.3 is 14.5 Å². The highest BCUT2D eigenvalue weighted by Crippen LogP contribution is 2.20. The van der Waals surface area contributed by atoms with Crippen molar-refractivity contribution < 1.29 is 9.53 Å². The normalized spacial score (nSPS) is 12.2. The van der Waals surface area contributed by atoms with Crippen LogP contribution in [0.15, 0.2) is 24.2 Å². The minimum absolute atomic E-state index is 0.0341. The molecule has 6 nitrogen and oxygen atoms in total. The van der Waals surface area contributed by atoms with Gasteiger partial charge in [-0.05, 0) is 18.8 Å². The van der Waals surface area contributed by atoms with Crippen molar-refractivity contribution in [3.63, 3.8) is 0 Å². The lowest BCUT2D eigenvalue weighted by atomic mass is 9.99. The number of allylic oxidation sites excluding steroid dienone is 2. The fourth-order valence-electron chi connectivity index (χ4n) is 1.92. The minimum atomic E-state index is -0.236. The first-order valence-corrected chi connectivity index (χ1v) is 7.34. The van der Waals surface area contributed by atoms with Gasteiger partial charge >= 0.3 is 0 Å². The van der Waals surface area contributed by atoms with Crippen LogP contribution >= 0.6 is 0 Å². The molecule has 23 heavy (non-hydrogen) atoms. The van der Waals surface area contributed by atoms with Gasteiger partial charge in [0.2, 0.25) is 11.6 Å². The van der Waals surface area contributed by atoms with Crippen LogP contribution in [0.25, 0.3) is 16.0 Å². The summed E-state index contributed by atoms with van der Waals surface area (Å²) >= 11 is 0. The van der Waals surface area contributed by atoms with Gasteiger partial charge in [0.05, 0.1) is 19.4 Å². The Balaban J connectivity index is 2.25. The fraction of sp³-hybridized carbons (Fsp3) is 0.412. The van der Waals surface area contributed by atoms with Gasteiger partial charge in [-0.25, -0.2) is 14.8 Å². The van der Waals surface area contributed by atoms with Crippen LogP contribution in [-0.4, -0.2) is 27.3 Å². The molecule has 0 atom stereocenters. The Hall–Kier alpha value is -2.68. The molecule has 0 radical (unpaired) electrons. The largest absolute Gasteiger partial charge is 0.476 e. The Labute approximate surface area is 135 Å². The Morgan fingerprint density at radius 1 is 1.48 bits per heavy atom. The molecule has 0 aromatic carbocycles. The fourth-order valence-corrected chi connectivity index (χ4v) is 1.92. The highest BCUT2D eigenvalue weighted by molar-refractivity contribution is 5.95. The number of fused-ring (bicyclic) bond motifs is 1. The molecular weight excluding hydrogens is 292 g/mol. The molecule has 0 saturated carbocycles. The molecule has 2 aromatic rings. The van der Waals surface area contributed by atoms with Gasteiger partial charge in [-0.2, -0.15) is 0 Å². The summed E-state index contributed by atoms with van der Waals surface area (Å²) in [7, 11) is 0. The van der Waals surface area contributed by atoms with E-state index in [1.807, 2.05) is 0 Å². The second kappa shape index (κ2) is 6.61. The van der Waals surface area contributed by atoms with Gasteiger partial charge in [0, 0.05) is 11.8 Å². The lowest BCUT2D eigenvalue weighted by Gasteiger charge is -2.17. The van der Waals surface area contributed by atoms with Gasteiger partial charge in [0.15, 0.2) is 11.4 Å². The van der Waals surface area contributed by atoms with Crippen molar-refractivity contribution in [1.82, 2.24) is 15.0 Å². The van der Waals surface area contributed by atoms with Crippen molar-refractivity contribution in [2.75, 3.05) is 6.61 Å². The van der Waals surface area contributed by atoms with Crippen molar-refractivity contribution in [3.05, 3.63) is 41.1 Å². The lowest BCUT2D eigenvalue weighted by molar-refractivity contribution is -0.113. The number of hydrogen-bond donors (Lipinski definition) is 1. The van der Waals surface area contributed by atoms with E-state index in [2.05, 4.69) is 40.6 Å². The molecule has 6 heteroatoms. The number of aromatic nitrogens is 3. The summed E-state index contributed by atoms with van der Waals surface area (Å²) in [4.78, 5) is 26.3. The summed E-state index contributed by atoms with van der Waals surface area (Å²) in [6, 6.07) is 0. The molecule has 0 amide bonds. The molecule has 0 aliphatic rings. The molecule has 0 fully saturated rings. The summed E-state index contributed by atoms with van der Waals surface area (Å²) in [5.41, 5.74) is 2.39. The number of Topliss-reactive ketones (excluding diaryl/α,β-unsaturated/α-hetero) is 1. The van der Waals surface area contributed by atoms with E-state index in [1.54, 1.807) is 18.5 Å². The van der Waals surface area contributed by atoms with E-state index in [0.717, 1.165) is 5.56 Å². The van der Waals surface area contributed by atoms with E-state index in [-0.39, 0.29) is 16.9 Å². The predicted molar refractivity (Wildman–Crippen MR) is 87.9 cm³/mol. The van der Waals surface area contributed by atoms with Crippen LogP contribution < -0.4 is 4.74 Å². The van der Waals surface area contributed by atoms with E-state index in [1.165, 1.54) is 6.92 Å². The number of ether oxygens (including phenoxy) is 1. The summed E-state index contributed by atoms with van der Waals surface area (Å²) in [5, 5.41) is 0. The lowest BCUT2D eigenvalue weighted by Crippen LogP contribution is -2.17. The Morgan fingerprint density at radius 2 is 2.22 bits per heavy atom. The van der Waals surface area contributed by atoms with Gasteiger partial charge in [-0.15, -0.1) is 0 Å². The topological polar surface area (TPSA) is 72.2 Å². The van der Waals surface area contributed by atoms with Crippen molar-refractivity contribution in [2.45, 2.75) is 34.1 Å². The van der Waals surface area contributed by atoms with E-state index in [0.29, 0.717) is 30.1 Å². The molecular formula is C17H20N4O2. The maximum absolute atomic E-state index is 11.3. The van der Waals surface area contributed by atoms with Gasteiger partial charge in [-0.1, -0.05) is 26.8 Å². The van der Waals surface area contributed by atoms with Gasteiger partial charge in [0.25, 0.3) is 0 Å². The zero-order valence-electron chi connectivity index (χ0n) is 13.8. The molecule has 2 heterocycles.